The standard InChI is InChI=1S/C14H10Cl2O2/c15-11-5-7-12(8-6-11)18-9-10-3-1-2-4-13(10)14(16)17/h1-8H,9H2. The molecule has 2 aromatic rings. The lowest BCUT2D eigenvalue weighted by molar-refractivity contribution is 0.107. The quantitative estimate of drug-likeness (QED) is 0.781. The van der Waals surface area contributed by atoms with E-state index in [1.54, 1.807) is 36.4 Å². The lowest BCUT2D eigenvalue weighted by Crippen LogP contribution is -2.02. The molecule has 18 heavy (non-hydrogen) atoms. The highest BCUT2D eigenvalue weighted by atomic mass is 35.5. The number of hydrogen-bond acceptors (Lipinski definition) is 2. The minimum Gasteiger partial charge on any atom is -0.489 e. The number of benzene rings is 2. The van der Waals surface area contributed by atoms with Crippen molar-refractivity contribution in [3.63, 3.8) is 0 Å². The monoisotopic (exact) mass is 280 g/mol. The molecule has 0 aromatic heterocycles. The zero-order valence-corrected chi connectivity index (χ0v) is 10.9. The summed E-state index contributed by atoms with van der Waals surface area (Å²) in [6.45, 7) is 0.288. The fourth-order valence-electron chi connectivity index (χ4n) is 1.53. The highest BCUT2D eigenvalue weighted by Gasteiger charge is 2.08. The summed E-state index contributed by atoms with van der Waals surface area (Å²) in [7, 11) is 0. The van der Waals surface area contributed by atoms with Gasteiger partial charge in [0.15, 0.2) is 0 Å². The fourth-order valence-corrected chi connectivity index (χ4v) is 1.84. The molecule has 0 saturated heterocycles. The number of rotatable bonds is 4. The van der Waals surface area contributed by atoms with E-state index in [0.29, 0.717) is 16.3 Å². The summed E-state index contributed by atoms with van der Waals surface area (Å²) >= 11 is 11.3. The predicted octanol–water partition coefficient (Wildman–Crippen LogP) is 4.30. The van der Waals surface area contributed by atoms with E-state index in [2.05, 4.69) is 0 Å². The number of halogens is 2. The molecule has 0 saturated carbocycles. The average Bonchev–Trinajstić information content (AvgIpc) is 2.38. The van der Waals surface area contributed by atoms with Crippen molar-refractivity contribution in [3.8, 4) is 5.75 Å². The minimum atomic E-state index is -0.481. The Labute approximate surface area is 115 Å². The third-order valence-electron chi connectivity index (χ3n) is 2.44. The maximum Gasteiger partial charge on any atom is 0.252 e. The van der Waals surface area contributed by atoms with Crippen molar-refractivity contribution < 1.29 is 9.53 Å². The molecule has 0 unspecified atom stereocenters. The van der Waals surface area contributed by atoms with E-state index in [4.69, 9.17) is 27.9 Å². The smallest absolute Gasteiger partial charge is 0.252 e. The van der Waals surface area contributed by atoms with Gasteiger partial charge in [0.1, 0.15) is 12.4 Å². The Morgan fingerprint density at radius 2 is 1.72 bits per heavy atom. The van der Waals surface area contributed by atoms with Crippen LogP contribution < -0.4 is 4.74 Å². The van der Waals surface area contributed by atoms with E-state index in [0.717, 1.165) is 5.56 Å². The minimum absolute atomic E-state index is 0.288. The highest BCUT2D eigenvalue weighted by Crippen LogP contribution is 2.18. The van der Waals surface area contributed by atoms with E-state index < -0.39 is 5.24 Å². The Bertz CT molecular complexity index is 550. The van der Waals surface area contributed by atoms with Crippen LogP contribution in [0.15, 0.2) is 48.5 Å². The van der Waals surface area contributed by atoms with Gasteiger partial charge in [-0.3, -0.25) is 4.79 Å². The molecule has 0 atom stereocenters. The Hall–Kier alpha value is -1.51. The van der Waals surface area contributed by atoms with Crippen LogP contribution in [0.5, 0.6) is 5.75 Å². The van der Waals surface area contributed by atoms with Crippen molar-refractivity contribution in [2.75, 3.05) is 0 Å². The summed E-state index contributed by atoms with van der Waals surface area (Å²) in [5.74, 6) is 0.691. The summed E-state index contributed by atoms with van der Waals surface area (Å²) in [6.07, 6.45) is 0. The Morgan fingerprint density at radius 1 is 1.06 bits per heavy atom. The number of carbonyl (C=O) groups excluding carboxylic acids is 1. The first-order valence-corrected chi connectivity index (χ1v) is 6.08. The van der Waals surface area contributed by atoms with E-state index in [-0.39, 0.29) is 6.61 Å². The molecule has 0 fully saturated rings. The lowest BCUT2D eigenvalue weighted by atomic mass is 10.1. The molecule has 0 spiro atoms. The van der Waals surface area contributed by atoms with E-state index in [1.807, 2.05) is 12.1 Å². The van der Waals surface area contributed by atoms with Crippen LogP contribution >= 0.6 is 23.2 Å². The van der Waals surface area contributed by atoms with Gasteiger partial charge < -0.3 is 4.74 Å². The predicted molar refractivity (Wildman–Crippen MR) is 72.4 cm³/mol. The molecule has 0 amide bonds. The van der Waals surface area contributed by atoms with Crippen molar-refractivity contribution in [2.45, 2.75) is 6.61 Å². The molecule has 92 valence electrons. The van der Waals surface area contributed by atoms with Crippen LogP contribution in [-0.2, 0) is 6.61 Å². The molecule has 0 aliphatic heterocycles. The largest absolute Gasteiger partial charge is 0.489 e. The van der Waals surface area contributed by atoms with Gasteiger partial charge in [-0.1, -0.05) is 29.8 Å². The molecule has 0 heterocycles. The normalized spacial score (nSPS) is 10.1. The summed E-state index contributed by atoms with van der Waals surface area (Å²) < 4.78 is 5.57. The summed E-state index contributed by atoms with van der Waals surface area (Å²) in [4.78, 5) is 11.2. The first-order chi connectivity index (χ1) is 8.66. The van der Waals surface area contributed by atoms with Gasteiger partial charge in [-0.2, -0.15) is 0 Å². The summed E-state index contributed by atoms with van der Waals surface area (Å²) in [6, 6.07) is 14.1. The van der Waals surface area contributed by atoms with Gasteiger partial charge in [-0.05, 0) is 41.9 Å². The summed E-state index contributed by atoms with van der Waals surface area (Å²) in [5.41, 5.74) is 1.22. The topological polar surface area (TPSA) is 26.3 Å². The van der Waals surface area contributed by atoms with Gasteiger partial charge in [0.05, 0.1) is 0 Å². The van der Waals surface area contributed by atoms with Crippen molar-refractivity contribution in [1.82, 2.24) is 0 Å². The zero-order chi connectivity index (χ0) is 13.0. The Kier molecular flexibility index (Phi) is 4.24. The van der Waals surface area contributed by atoms with Crippen molar-refractivity contribution in [2.24, 2.45) is 0 Å². The maximum absolute atomic E-state index is 11.2. The van der Waals surface area contributed by atoms with Crippen molar-refractivity contribution >= 4 is 28.4 Å². The zero-order valence-electron chi connectivity index (χ0n) is 9.40. The molecule has 2 rings (SSSR count). The Morgan fingerprint density at radius 3 is 2.39 bits per heavy atom. The number of ether oxygens (including phenoxy) is 1. The van der Waals surface area contributed by atoms with Crippen LogP contribution in [0.3, 0.4) is 0 Å². The van der Waals surface area contributed by atoms with Crippen LogP contribution in [0.4, 0.5) is 0 Å². The second-order valence-corrected chi connectivity index (χ2v) is 4.45. The average molecular weight is 281 g/mol. The molecule has 0 bridgehead atoms. The highest BCUT2D eigenvalue weighted by molar-refractivity contribution is 6.67. The SMILES string of the molecule is O=C(Cl)c1ccccc1COc1ccc(Cl)cc1. The van der Waals surface area contributed by atoms with E-state index >= 15 is 0 Å². The van der Waals surface area contributed by atoms with Crippen LogP contribution in [0.1, 0.15) is 15.9 Å². The van der Waals surface area contributed by atoms with Crippen LogP contribution in [0.25, 0.3) is 0 Å². The molecule has 0 N–H and O–H groups in total. The van der Waals surface area contributed by atoms with Crippen molar-refractivity contribution in [3.05, 3.63) is 64.7 Å². The maximum atomic E-state index is 11.2. The van der Waals surface area contributed by atoms with Crippen LogP contribution in [-0.4, -0.2) is 5.24 Å². The fraction of sp³-hybridized carbons (Fsp3) is 0.0714. The van der Waals surface area contributed by atoms with Gasteiger partial charge in [0.25, 0.3) is 5.24 Å². The lowest BCUT2D eigenvalue weighted by Gasteiger charge is -2.08. The van der Waals surface area contributed by atoms with Gasteiger partial charge in [-0.15, -0.1) is 0 Å². The third-order valence-corrected chi connectivity index (χ3v) is 2.89. The van der Waals surface area contributed by atoms with Gasteiger partial charge in [0.2, 0.25) is 0 Å². The molecule has 0 aliphatic carbocycles. The summed E-state index contributed by atoms with van der Waals surface area (Å²) in [5, 5.41) is 0.170. The first kappa shape index (κ1) is 12.9. The van der Waals surface area contributed by atoms with Gasteiger partial charge in [0, 0.05) is 16.1 Å². The first-order valence-electron chi connectivity index (χ1n) is 5.33. The van der Waals surface area contributed by atoms with E-state index in [1.165, 1.54) is 0 Å². The van der Waals surface area contributed by atoms with E-state index in [9.17, 15) is 4.79 Å². The Balaban J connectivity index is 2.10. The second-order valence-electron chi connectivity index (χ2n) is 3.67. The molecular weight excluding hydrogens is 271 g/mol. The molecule has 2 nitrogen and oxygen atoms in total. The van der Waals surface area contributed by atoms with Gasteiger partial charge >= 0.3 is 0 Å². The van der Waals surface area contributed by atoms with Crippen LogP contribution in [0.2, 0.25) is 5.02 Å². The molecule has 0 radical (unpaired) electrons. The third kappa shape index (κ3) is 3.25. The molecule has 0 aliphatic rings. The second kappa shape index (κ2) is 5.89. The van der Waals surface area contributed by atoms with Crippen molar-refractivity contribution in [1.29, 1.82) is 0 Å². The van der Waals surface area contributed by atoms with Crippen LogP contribution in [0, 0.1) is 0 Å². The number of carbonyl (C=O) groups is 1. The molecule has 2 aromatic carbocycles. The van der Waals surface area contributed by atoms with Gasteiger partial charge in [-0.25, -0.2) is 0 Å². The number of hydrogen-bond donors (Lipinski definition) is 0. The molecule has 4 heteroatoms. The molecular formula is C14H10Cl2O2.